The lowest BCUT2D eigenvalue weighted by atomic mass is 10.2. The van der Waals surface area contributed by atoms with Gasteiger partial charge in [-0.2, -0.15) is 0 Å². The quantitative estimate of drug-likeness (QED) is 0.443. The van der Waals surface area contributed by atoms with Crippen molar-refractivity contribution in [3.05, 3.63) is 48.3 Å². The van der Waals surface area contributed by atoms with Crippen LogP contribution in [-0.2, 0) is 35.4 Å². The van der Waals surface area contributed by atoms with Crippen molar-refractivity contribution >= 4 is 22.3 Å². The molecule has 28 heavy (non-hydrogen) atoms. The Hall–Kier alpha value is -2.84. The Labute approximate surface area is 163 Å². The van der Waals surface area contributed by atoms with E-state index in [1.54, 1.807) is 26.6 Å². The van der Waals surface area contributed by atoms with Crippen molar-refractivity contribution in [1.82, 2.24) is 29.1 Å². The van der Waals surface area contributed by atoms with E-state index in [1.165, 1.54) is 0 Å². The predicted molar refractivity (Wildman–Crippen MR) is 106 cm³/mol. The van der Waals surface area contributed by atoms with Gasteiger partial charge >= 0.3 is 0 Å². The minimum atomic E-state index is 0.616. The fourth-order valence-corrected chi connectivity index (χ4v) is 3.45. The van der Waals surface area contributed by atoms with E-state index < -0.39 is 0 Å². The van der Waals surface area contributed by atoms with Crippen molar-refractivity contribution < 1.29 is 9.47 Å². The van der Waals surface area contributed by atoms with Crippen LogP contribution in [0.15, 0.2) is 36.7 Å². The van der Waals surface area contributed by atoms with Gasteiger partial charge in [0.15, 0.2) is 11.3 Å². The number of pyridine rings is 2. The van der Waals surface area contributed by atoms with E-state index in [1.807, 2.05) is 24.3 Å². The van der Waals surface area contributed by atoms with E-state index in [9.17, 15) is 0 Å². The summed E-state index contributed by atoms with van der Waals surface area (Å²) in [5.74, 6) is 1.98. The third-order valence-electron chi connectivity index (χ3n) is 4.78. The molecule has 0 N–H and O–H groups in total. The van der Waals surface area contributed by atoms with Crippen molar-refractivity contribution in [2.75, 3.05) is 27.4 Å². The second-order valence-corrected chi connectivity index (χ2v) is 6.54. The van der Waals surface area contributed by atoms with Gasteiger partial charge < -0.3 is 18.6 Å². The molecule has 8 heteroatoms. The number of fused-ring (bicyclic) bond motifs is 2. The lowest BCUT2D eigenvalue weighted by Gasteiger charge is -2.10. The molecule has 0 aromatic carbocycles. The molecule has 8 nitrogen and oxygen atoms in total. The number of imidazole rings is 2. The Morgan fingerprint density at radius 1 is 0.750 bits per heavy atom. The highest BCUT2D eigenvalue weighted by Crippen LogP contribution is 2.18. The molecule has 0 aliphatic heterocycles. The maximum absolute atomic E-state index is 5.27. The van der Waals surface area contributed by atoms with Crippen molar-refractivity contribution in [1.29, 1.82) is 0 Å². The SMILES string of the molecule is COCCn1c(CCc2nc3cccnc3n2CCOC)nc2cccnc21. The Morgan fingerprint density at radius 2 is 1.21 bits per heavy atom. The second kappa shape index (κ2) is 8.45. The molecule has 0 spiro atoms. The number of aryl methyl sites for hydroxylation is 2. The number of methoxy groups -OCH3 is 2. The molecular weight excluding hydrogens is 356 g/mol. The van der Waals surface area contributed by atoms with Gasteiger partial charge in [0.05, 0.1) is 13.2 Å². The van der Waals surface area contributed by atoms with Crippen LogP contribution in [0, 0.1) is 0 Å². The molecule has 0 bridgehead atoms. The molecule has 0 aliphatic rings. The van der Waals surface area contributed by atoms with E-state index in [4.69, 9.17) is 19.4 Å². The lowest BCUT2D eigenvalue weighted by Crippen LogP contribution is -2.13. The first-order valence-electron chi connectivity index (χ1n) is 9.40. The van der Waals surface area contributed by atoms with Crippen LogP contribution in [0.2, 0.25) is 0 Å². The molecule has 0 unspecified atom stereocenters. The summed E-state index contributed by atoms with van der Waals surface area (Å²) in [7, 11) is 3.41. The Kier molecular flexibility index (Phi) is 5.59. The first-order valence-corrected chi connectivity index (χ1v) is 9.40. The summed E-state index contributed by atoms with van der Waals surface area (Å²) >= 11 is 0. The summed E-state index contributed by atoms with van der Waals surface area (Å²) in [5.41, 5.74) is 3.60. The molecule has 0 saturated heterocycles. The van der Waals surface area contributed by atoms with E-state index in [0.29, 0.717) is 13.2 Å². The van der Waals surface area contributed by atoms with Crippen LogP contribution in [0.25, 0.3) is 22.3 Å². The number of rotatable bonds is 9. The summed E-state index contributed by atoms with van der Waals surface area (Å²) in [6.07, 6.45) is 5.12. The van der Waals surface area contributed by atoms with Crippen LogP contribution >= 0.6 is 0 Å². The molecule has 0 fully saturated rings. The van der Waals surface area contributed by atoms with E-state index in [-0.39, 0.29) is 0 Å². The normalized spacial score (nSPS) is 11.6. The minimum absolute atomic E-state index is 0.616. The third-order valence-corrected chi connectivity index (χ3v) is 4.78. The van der Waals surface area contributed by atoms with Gasteiger partial charge in [0.2, 0.25) is 0 Å². The maximum Gasteiger partial charge on any atom is 0.160 e. The fourth-order valence-electron chi connectivity index (χ4n) is 3.45. The molecule has 0 atom stereocenters. The highest BCUT2D eigenvalue weighted by atomic mass is 16.5. The number of ether oxygens (including phenoxy) is 2. The van der Waals surface area contributed by atoms with Crippen molar-refractivity contribution in [3.8, 4) is 0 Å². The lowest BCUT2D eigenvalue weighted by molar-refractivity contribution is 0.186. The number of hydrogen-bond donors (Lipinski definition) is 0. The van der Waals surface area contributed by atoms with Gasteiger partial charge in [-0.1, -0.05) is 0 Å². The molecule has 4 heterocycles. The van der Waals surface area contributed by atoms with Gasteiger partial charge in [0.25, 0.3) is 0 Å². The van der Waals surface area contributed by atoms with Gasteiger partial charge in [-0.05, 0) is 24.3 Å². The molecule has 0 radical (unpaired) electrons. The largest absolute Gasteiger partial charge is 0.383 e. The van der Waals surface area contributed by atoms with E-state index >= 15 is 0 Å². The van der Waals surface area contributed by atoms with Crippen LogP contribution in [0.4, 0.5) is 0 Å². The smallest absolute Gasteiger partial charge is 0.160 e. The highest BCUT2D eigenvalue weighted by molar-refractivity contribution is 5.72. The molecular formula is C20H24N6O2. The van der Waals surface area contributed by atoms with E-state index in [0.717, 1.165) is 59.9 Å². The number of nitrogens with zero attached hydrogens (tertiary/aromatic N) is 6. The van der Waals surface area contributed by atoms with Crippen LogP contribution in [0.5, 0.6) is 0 Å². The second-order valence-electron chi connectivity index (χ2n) is 6.54. The molecule has 4 aromatic heterocycles. The first kappa shape index (κ1) is 18.5. The Morgan fingerprint density at radius 3 is 1.64 bits per heavy atom. The summed E-state index contributed by atoms with van der Waals surface area (Å²) in [6, 6.07) is 7.81. The average molecular weight is 380 g/mol. The molecule has 4 aromatic rings. The van der Waals surface area contributed by atoms with Gasteiger partial charge in [-0.25, -0.2) is 19.9 Å². The van der Waals surface area contributed by atoms with Crippen molar-refractivity contribution in [2.45, 2.75) is 25.9 Å². The minimum Gasteiger partial charge on any atom is -0.383 e. The number of aromatic nitrogens is 6. The van der Waals surface area contributed by atoms with Crippen LogP contribution < -0.4 is 0 Å². The zero-order chi connectivity index (χ0) is 19.3. The van der Waals surface area contributed by atoms with Gasteiger partial charge in [-0.3, -0.25) is 0 Å². The van der Waals surface area contributed by atoms with Crippen LogP contribution in [0.3, 0.4) is 0 Å². The zero-order valence-corrected chi connectivity index (χ0v) is 16.2. The average Bonchev–Trinajstić information content (AvgIpc) is 3.26. The van der Waals surface area contributed by atoms with Crippen LogP contribution in [-0.4, -0.2) is 56.5 Å². The van der Waals surface area contributed by atoms with Crippen molar-refractivity contribution in [3.63, 3.8) is 0 Å². The standard InChI is InChI=1S/C20H24N6O2/c1-27-13-11-25-17(23-15-5-3-9-21-19(15)25)7-8-18-24-16-6-4-10-22-20(16)26(18)12-14-28-2/h3-6,9-10H,7-8,11-14H2,1-2H3. The Balaban J connectivity index is 1.64. The molecule has 0 amide bonds. The molecule has 0 aliphatic carbocycles. The highest BCUT2D eigenvalue weighted by Gasteiger charge is 2.15. The summed E-state index contributed by atoms with van der Waals surface area (Å²) in [5, 5.41) is 0. The van der Waals surface area contributed by atoms with Gasteiger partial charge in [0.1, 0.15) is 22.7 Å². The first-order chi connectivity index (χ1) is 13.8. The monoisotopic (exact) mass is 380 g/mol. The Bertz CT molecular complexity index is 985. The van der Waals surface area contributed by atoms with Gasteiger partial charge in [0, 0.05) is 52.5 Å². The fraction of sp³-hybridized carbons (Fsp3) is 0.400. The van der Waals surface area contributed by atoms with Gasteiger partial charge in [-0.15, -0.1) is 0 Å². The summed E-state index contributed by atoms with van der Waals surface area (Å²) < 4.78 is 14.8. The third kappa shape index (κ3) is 3.61. The molecule has 0 saturated carbocycles. The summed E-state index contributed by atoms with van der Waals surface area (Å²) in [6.45, 7) is 2.68. The van der Waals surface area contributed by atoms with Crippen molar-refractivity contribution in [2.24, 2.45) is 0 Å². The zero-order valence-electron chi connectivity index (χ0n) is 16.2. The maximum atomic E-state index is 5.27. The topological polar surface area (TPSA) is 79.9 Å². The summed E-state index contributed by atoms with van der Waals surface area (Å²) in [4.78, 5) is 18.6. The van der Waals surface area contributed by atoms with E-state index in [2.05, 4.69) is 19.1 Å². The number of hydrogen-bond acceptors (Lipinski definition) is 6. The predicted octanol–water partition coefficient (Wildman–Crippen LogP) is 2.25. The van der Waals surface area contributed by atoms with Crippen LogP contribution in [0.1, 0.15) is 11.6 Å². The molecule has 4 rings (SSSR count). The molecule has 146 valence electrons.